The van der Waals surface area contributed by atoms with Gasteiger partial charge in [0.2, 0.25) is 0 Å². The van der Waals surface area contributed by atoms with E-state index in [1.807, 2.05) is 12.2 Å². The third-order valence-electron chi connectivity index (χ3n) is 18.0. The number of esters is 4. The number of phosphoric ester groups is 2. The highest BCUT2D eigenvalue weighted by atomic mass is 31.2. The van der Waals surface area contributed by atoms with Gasteiger partial charge >= 0.3 is 39.5 Å². The molecule has 19 heteroatoms. The molecule has 0 heterocycles. The Kier molecular flexibility index (Phi) is 73.6. The van der Waals surface area contributed by atoms with Gasteiger partial charge < -0.3 is 33.8 Å². The Balaban J connectivity index is 5.35. The van der Waals surface area contributed by atoms with E-state index in [1.165, 1.54) is 193 Å². The van der Waals surface area contributed by atoms with E-state index in [0.717, 1.165) is 109 Å². The van der Waals surface area contributed by atoms with Crippen molar-refractivity contribution in [1.82, 2.24) is 0 Å². The number of allylic oxidation sites excluding steroid dienone is 10. The van der Waals surface area contributed by atoms with Gasteiger partial charge in [0, 0.05) is 25.7 Å². The Morgan fingerprint density at radius 3 is 0.804 bits per heavy atom. The van der Waals surface area contributed by atoms with Crippen molar-refractivity contribution in [2.45, 2.75) is 406 Å². The molecule has 0 fully saturated rings. The smallest absolute Gasteiger partial charge is 0.462 e. The quantitative estimate of drug-likeness (QED) is 0.0169. The fourth-order valence-corrected chi connectivity index (χ4v) is 13.2. The van der Waals surface area contributed by atoms with Gasteiger partial charge in [-0.05, 0) is 89.9 Å². The first-order valence-corrected chi connectivity index (χ1v) is 44.5. The minimum Gasteiger partial charge on any atom is -0.462 e. The van der Waals surface area contributed by atoms with Gasteiger partial charge in [-0.25, -0.2) is 9.13 Å². The number of hydrogen-bond donors (Lipinski definition) is 3. The zero-order chi connectivity index (χ0) is 74.6. The minimum atomic E-state index is -4.98. The first kappa shape index (κ1) is 98.8. The van der Waals surface area contributed by atoms with Crippen LogP contribution in [0.1, 0.15) is 387 Å². The number of unbranched alkanes of at least 4 members (excludes halogenated alkanes) is 43. The molecule has 596 valence electrons. The van der Waals surface area contributed by atoms with Crippen LogP contribution in [0.4, 0.5) is 0 Å². The maximum absolute atomic E-state index is 13.1. The van der Waals surface area contributed by atoms with Crippen molar-refractivity contribution in [3.05, 3.63) is 60.8 Å². The van der Waals surface area contributed by atoms with Crippen LogP contribution in [0.2, 0.25) is 0 Å². The predicted molar refractivity (Wildman–Crippen MR) is 418 cm³/mol. The Morgan fingerprint density at radius 1 is 0.275 bits per heavy atom. The van der Waals surface area contributed by atoms with E-state index in [4.69, 9.17) is 37.0 Å². The Bertz CT molecular complexity index is 2170. The molecule has 2 unspecified atom stereocenters. The zero-order valence-corrected chi connectivity index (χ0v) is 67.1. The fourth-order valence-electron chi connectivity index (χ4n) is 11.6. The van der Waals surface area contributed by atoms with Crippen LogP contribution in [0.5, 0.6) is 0 Å². The molecule has 0 saturated heterocycles. The van der Waals surface area contributed by atoms with Crippen LogP contribution in [0, 0.1) is 0 Å². The standard InChI is InChI=1S/C83H152O17P2/c1-5-9-13-17-21-25-29-33-36-38-41-44-47-51-55-59-63-67-80(85)93-73-78(99-82(87)69-65-61-57-53-49-43-32-28-24-20-16-12-8-4)75-97-101(89,90)95-71-77(84)72-96-102(91,92)98-76-79(100-83(88)70-66-62-58-54-50-46-40-35-31-27-23-19-15-11-7-3)74-94-81(86)68-64-60-56-52-48-45-42-39-37-34-30-26-22-18-14-10-6-2/h22,26,34-35,37,40,42,45,52,56,77-79,84H,5-21,23-25,27-33,36,38-39,41,43-44,46-51,53-55,57-76H2,1-4H3,(H,89,90)(H,91,92)/b26-22-,37-34-,40-35-,45-42-,56-52-/t77-,78+,79+/m0/s1. The minimum absolute atomic E-state index is 0.0774. The topological polar surface area (TPSA) is 237 Å². The third kappa shape index (κ3) is 75.0. The molecule has 0 saturated carbocycles. The lowest BCUT2D eigenvalue weighted by atomic mass is 10.0. The number of ether oxygens (including phenoxy) is 4. The second kappa shape index (κ2) is 76.0. The Labute approximate surface area is 622 Å². The molecule has 0 rings (SSSR count). The molecule has 0 radical (unpaired) electrons. The maximum Gasteiger partial charge on any atom is 0.472 e. The normalized spacial score (nSPS) is 14.1. The van der Waals surface area contributed by atoms with Crippen molar-refractivity contribution in [3.63, 3.8) is 0 Å². The summed E-state index contributed by atoms with van der Waals surface area (Å²) in [5, 5.41) is 10.6. The monoisotopic (exact) mass is 1480 g/mol. The SMILES string of the molecule is CCCCC/C=C\C/C=C\C/C=C\C/C=C\CCCC(=O)OC[C@H](COP(=O)(O)OC[C@@H](O)COP(=O)(O)OC[C@@H](COC(=O)CCCCCCCCCCCCCCCCCCC)OC(=O)CCCCCCCCCCCCCCC)OC(=O)CCCCCCC/C=C\CCCCCCCC. The molecule has 0 aliphatic heterocycles. The van der Waals surface area contributed by atoms with E-state index in [1.54, 1.807) is 0 Å². The molecule has 0 aliphatic carbocycles. The molecule has 3 N–H and O–H groups in total. The van der Waals surface area contributed by atoms with E-state index in [0.29, 0.717) is 32.1 Å². The van der Waals surface area contributed by atoms with E-state index < -0.39 is 97.5 Å². The van der Waals surface area contributed by atoms with E-state index in [9.17, 15) is 43.2 Å². The van der Waals surface area contributed by atoms with Gasteiger partial charge in [0.25, 0.3) is 0 Å². The summed E-state index contributed by atoms with van der Waals surface area (Å²) < 4.78 is 68.6. The molecular weight excluding hydrogens is 1330 g/mol. The molecule has 0 aliphatic rings. The second-order valence-electron chi connectivity index (χ2n) is 28.1. The van der Waals surface area contributed by atoms with Gasteiger partial charge in [-0.1, -0.05) is 332 Å². The lowest BCUT2D eigenvalue weighted by molar-refractivity contribution is -0.161. The van der Waals surface area contributed by atoms with Gasteiger partial charge in [0.1, 0.15) is 19.3 Å². The fraction of sp³-hybridized carbons (Fsp3) is 0.831. The van der Waals surface area contributed by atoms with Gasteiger partial charge in [-0.15, -0.1) is 0 Å². The van der Waals surface area contributed by atoms with Crippen molar-refractivity contribution >= 4 is 39.5 Å². The molecule has 0 aromatic rings. The van der Waals surface area contributed by atoms with Crippen LogP contribution in [0.15, 0.2) is 60.8 Å². The Hall–Kier alpha value is -3.24. The molecule has 0 aromatic carbocycles. The average molecular weight is 1480 g/mol. The third-order valence-corrected chi connectivity index (χ3v) is 19.9. The van der Waals surface area contributed by atoms with E-state index in [2.05, 4.69) is 76.3 Å². The van der Waals surface area contributed by atoms with Crippen LogP contribution in [-0.4, -0.2) is 96.7 Å². The van der Waals surface area contributed by atoms with Crippen LogP contribution in [0.25, 0.3) is 0 Å². The summed E-state index contributed by atoms with van der Waals surface area (Å²) in [5.41, 5.74) is 0. The predicted octanol–water partition coefficient (Wildman–Crippen LogP) is 24.2. The number of hydrogen-bond acceptors (Lipinski definition) is 15. The van der Waals surface area contributed by atoms with Crippen molar-refractivity contribution < 1.29 is 80.2 Å². The van der Waals surface area contributed by atoms with Crippen molar-refractivity contribution in [1.29, 1.82) is 0 Å². The number of aliphatic hydroxyl groups is 1. The summed E-state index contributed by atoms with van der Waals surface area (Å²) in [4.78, 5) is 73.0. The second-order valence-corrected chi connectivity index (χ2v) is 31.0. The van der Waals surface area contributed by atoms with Gasteiger partial charge in [-0.3, -0.25) is 37.3 Å². The molecule has 5 atom stereocenters. The zero-order valence-electron chi connectivity index (χ0n) is 65.3. The van der Waals surface area contributed by atoms with Crippen molar-refractivity contribution in [2.24, 2.45) is 0 Å². The first-order chi connectivity index (χ1) is 49.7. The number of carbonyl (C=O) groups excluding carboxylic acids is 4. The molecule has 0 aromatic heterocycles. The van der Waals surface area contributed by atoms with Crippen molar-refractivity contribution in [2.75, 3.05) is 39.6 Å². The Morgan fingerprint density at radius 2 is 0.490 bits per heavy atom. The highest BCUT2D eigenvalue weighted by Crippen LogP contribution is 2.45. The van der Waals surface area contributed by atoms with Crippen LogP contribution in [-0.2, 0) is 65.4 Å². The van der Waals surface area contributed by atoms with E-state index in [-0.39, 0.29) is 25.7 Å². The highest BCUT2D eigenvalue weighted by Gasteiger charge is 2.30. The number of carbonyl (C=O) groups is 4. The first-order valence-electron chi connectivity index (χ1n) is 41.5. The van der Waals surface area contributed by atoms with Crippen molar-refractivity contribution in [3.8, 4) is 0 Å². The average Bonchev–Trinajstić information content (AvgIpc) is 0.939. The van der Waals surface area contributed by atoms with Crippen LogP contribution in [0.3, 0.4) is 0 Å². The molecule has 102 heavy (non-hydrogen) atoms. The van der Waals surface area contributed by atoms with Gasteiger partial charge in [0.15, 0.2) is 12.2 Å². The molecule has 0 bridgehead atoms. The lowest BCUT2D eigenvalue weighted by Crippen LogP contribution is -2.30. The summed E-state index contributed by atoms with van der Waals surface area (Å²) in [6.45, 7) is 4.86. The highest BCUT2D eigenvalue weighted by molar-refractivity contribution is 7.47. The maximum atomic E-state index is 13.1. The summed E-state index contributed by atoms with van der Waals surface area (Å²) in [5.74, 6) is -2.21. The van der Waals surface area contributed by atoms with Gasteiger partial charge in [0.05, 0.1) is 26.4 Å². The summed E-state index contributed by atoms with van der Waals surface area (Å²) in [6.07, 6.45) is 76.3. The van der Waals surface area contributed by atoms with E-state index >= 15 is 0 Å². The van der Waals surface area contributed by atoms with Gasteiger partial charge in [-0.2, -0.15) is 0 Å². The largest absolute Gasteiger partial charge is 0.472 e. The number of aliphatic hydroxyl groups excluding tert-OH is 1. The lowest BCUT2D eigenvalue weighted by Gasteiger charge is -2.21. The summed E-state index contributed by atoms with van der Waals surface area (Å²) in [6, 6.07) is 0. The number of rotatable bonds is 79. The summed E-state index contributed by atoms with van der Waals surface area (Å²) in [7, 11) is -9.96. The molecule has 0 amide bonds. The van der Waals surface area contributed by atoms with Crippen LogP contribution >= 0.6 is 15.6 Å². The molecular formula is C83H152O17P2. The summed E-state index contributed by atoms with van der Waals surface area (Å²) >= 11 is 0. The molecule has 17 nitrogen and oxygen atoms in total. The van der Waals surface area contributed by atoms with Crippen LogP contribution < -0.4 is 0 Å². The molecule has 0 spiro atoms. The number of phosphoric acid groups is 2.